The molecule has 0 aliphatic rings. The molecule has 1 aromatic carbocycles. The molecule has 0 saturated heterocycles. The second-order valence-electron chi connectivity index (χ2n) is 4.07. The third kappa shape index (κ3) is 4.86. The third-order valence-electron chi connectivity index (χ3n) is 2.69. The second-order valence-corrected chi connectivity index (χ2v) is 5.15. The van der Waals surface area contributed by atoms with Crippen LogP contribution in [0.4, 0.5) is 10.5 Å². The van der Waals surface area contributed by atoms with Crippen LogP contribution < -0.4 is 10.6 Å². The van der Waals surface area contributed by atoms with Crippen molar-refractivity contribution < 1.29 is 9.90 Å². The van der Waals surface area contributed by atoms with Crippen molar-refractivity contribution in [1.29, 1.82) is 0 Å². The van der Waals surface area contributed by atoms with Crippen LogP contribution in [0, 0.1) is 12.3 Å². The highest BCUT2D eigenvalue weighted by Crippen LogP contribution is 2.12. The van der Waals surface area contributed by atoms with E-state index >= 15 is 0 Å². The summed E-state index contributed by atoms with van der Waals surface area (Å²) in [6.07, 6.45) is 7.19. The van der Waals surface area contributed by atoms with Crippen LogP contribution in [0.1, 0.15) is 12.5 Å². The Labute approximate surface area is 118 Å². The lowest BCUT2D eigenvalue weighted by Gasteiger charge is -2.21. The molecule has 5 heteroatoms. The summed E-state index contributed by atoms with van der Waals surface area (Å²) in [6, 6.07) is 6.63. The molecule has 2 unspecified atom stereocenters. The van der Waals surface area contributed by atoms with Crippen LogP contribution in [0.15, 0.2) is 24.3 Å². The van der Waals surface area contributed by atoms with Gasteiger partial charge in [-0.2, -0.15) is 11.8 Å². The van der Waals surface area contributed by atoms with E-state index < -0.39 is 0 Å². The molecular weight excluding hydrogens is 260 g/mol. The number of hydrogen-bond donors (Lipinski definition) is 3. The number of anilines is 1. The predicted molar refractivity (Wildman–Crippen MR) is 80.4 cm³/mol. The molecule has 4 nitrogen and oxygen atoms in total. The summed E-state index contributed by atoms with van der Waals surface area (Å²) in [7, 11) is 0. The van der Waals surface area contributed by atoms with Crippen LogP contribution in [0.25, 0.3) is 0 Å². The minimum absolute atomic E-state index is 0.0230. The lowest BCUT2D eigenvalue weighted by atomic mass is 10.2. The van der Waals surface area contributed by atoms with E-state index in [9.17, 15) is 4.79 Å². The quantitative estimate of drug-likeness (QED) is 0.721. The van der Waals surface area contributed by atoms with Gasteiger partial charge >= 0.3 is 6.03 Å². The molecular formula is C14H18N2O2S. The van der Waals surface area contributed by atoms with Gasteiger partial charge in [0.25, 0.3) is 0 Å². The van der Waals surface area contributed by atoms with E-state index in [1.54, 1.807) is 24.3 Å². The Hall–Kier alpha value is -1.64. The number of carbonyl (C=O) groups excluding carboxylic acids is 1. The number of rotatable bonds is 5. The van der Waals surface area contributed by atoms with Gasteiger partial charge in [-0.15, -0.1) is 6.42 Å². The van der Waals surface area contributed by atoms with Gasteiger partial charge in [-0.3, -0.25) is 0 Å². The van der Waals surface area contributed by atoms with E-state index in [0.29, 0.717) is 11.3 Å². The van der Waals surface area contributed by atoms with Crippen molar-refractivity contribution in [3.63, 3.8) is 0 Å². The third-order valence-corrected chi connectivity index (χ3v) is 3.85. The molecule has 2 amide bonds. The largest absolute Gasteiger partial charge is 0.395 e. The maximum atomic E-state index is 11.8. The molecule has 0 bridgehead atoms. The molecule has 102 valence electrons. The Morgan fingerprint density at radius 2 is 2.32 bits per heavy atom. The average Bonchev–Trinajstić information content (AvgIpc) is 2.40. The van der Waals surface area contributed by atoms with Crippen LogP contribution in [0.5, 0.6) is 0 Å². The number of benzene rings is 1. The standard InChI is InChI=1S/C14H18N2O2S/c1-4-11-6-5-7-12(8-11)16-14(18)15-10(2)13(9-17)19-3/h1,5-8,10,13,17H,9H2,2-3H3,(H2,15,16,18). The highest BCUT2D eigenvalue weighted by Gasteiger charge is 2.17. The van der Waals surface area contributed by atoms with Crippen molar-refractivity contribution in [2.24, 2.45) is 0 Å². The first-order valence-electron chi connectivity index (χ1n) is 5.88. The normalized spacial score (nSPS) is 13.2. The highest BCUT2D eigenvalue weighted by atomic mass is 32.2. The highest BCUT2D eigenvalue weighted by molar-refractivity contribution is 7.99. The fourth-order valence-corrected chi connectivity index (χ4v) is 2.22. The molecule has 0 aliphatic carbocycles. The van der Waals surface area contributed by atoms with E-state index in [-0.39, 0.29) is 23.9 Å². The van der Waals surface area contributed by atoms with Crippen molar-refractivity contribution in [2.45, 2.75) is 18.2 Å². The zero-order valence-electron chi connectivity index (χ0n) is 11.0. The summed E-state index contributed by atoms with van der Waals surface area (Å²) in [5.74, 6) is 2.51. The lowest BCUT2D eigenvalue weighted by molar-refractivity contribution is 0.243. The topological polar surface area (TPSA) is 61.4 Å². The molecule has 0 radical (unpaired) electrons. The minimum atomic E-state index is -0.311. The molecule has 0 aliphatic heterocycles. The summed E-state index contributed by atoms with van der Waals surface area (Å²) in [5.41, 5.74) is 1.35. The Balaban J connectivity index is 2.58. The SMILES string of the molecule is C#Cc1cccc(NC(=O)NC(C)C(CO)SC)c1. The van der Waals surface area contributed by atoms with Gasteiger partial charge in [0.2, 0.25) is 0 Å². The molecule has 0 heterocycles. The molecule has 0 aromatic heterocycles. The number of nitrogens with one attached hydrogen (secondary N) is 2. The number of thioether (sulfide) groups is 1. The maximum absolute atomic E-state index is 11.8. The van der Waals surface area contributed by atoms with E-state index in [4.69, 9.17) is 11.5 Å². The fourth-order valence-electron chi connectivity index (χ4n) is 1.59. The predicted octanol–water partition coefficient (Wildman–Crippen LogP) is 1.90. The second kappa shape index (κ2) is 7.72. The van der Waals surface area contributed by atoms with Crippen molar-refractivity contribution >= 4 is 23.5 Å². The van der Waals surface area contributed by atoms with Crippen molar-refractivity contribution in [3.05, 3.63) is 29.8 Å². The average molecular weight is 278 g/mol. The van der Waals surface area contributed by atoms with Crippen molar-refractivity contribution in [2.75, 3.05) is 18.2 Å². The summed E-state index contributed by atoms with van der Waals surface area (Å²) in [5, 5.41) is 14.6. The van der Waals surface area contributed by atoms with Crippen molar-refractivity contribution in [3.8, 4) is 12.3 Å². The van der Waals surface area contributed by atoms with Crippen LogP contribution in [0.3, 0.4) is 0 Å². The van der Waals surface area contributed by atoms with Gasteiger partial charge in [0.1, 0.15) is 0 Å². The van der Waals surface area contributed by atoms with Gasteiger partial charge in [0.05, 0.1) is 6.61 Å². The summed E-state index contributed by atoms with van der Waals surface area (Å²) in [4.78, 5) is 11.8. The molecule has 19 heavy (non-hydrogen) atoms. The Bertz CT molecular complexity index is 467. The Morgan fingerprint density at radius 1 is 1.58 bits per heavy atom. The number of aliphatic hydroxyl groups is 1. The van der Waals surface area contributed by atoms with Crippen LogP contribution in [0.2, 0.25) is 0 Å². The number of amides is 2. The van der Waals surface area contributed by atoms with E-state index in [1.807, 2.05) is 13.2 Å². The maximum Gasteiger partial charge on any atom is 0.319 e. The Kier molecular flexibility index (Phi) is 6.26. The zero-order valence-corrected chi connectivity index (χ0v) is 11.8. The van der Waals surface area contributed by atoms with E-state index in [2.05, 4.69) is 16.6 Å². The zero-order chi connectivity index (χ0) is 14.3. The van der Waals surface area contributed by atoms with Crippen LogP contribution in [-0.2, 0) is 0 Å². The summed E-state index contributed by atoms with van der Waals surface area (Å²) in [6.45, 7) is 1.88. The molecule has 0 fully saturated rings. The summed E-state index contributed by atoms with van der Waals surface area (Å²) >= 11 is 1.51. The molecule has 2 atom stereocenters. The van der Waals surface area contributed by atoms with Crippen molar-refractivity contribution in [1.82, 2.24) is 5.32 Å². The monoisotopic (exact) mass is 278 g/mol. The van der Waals surface area contributed by atoms with Gasteiger partial charge in [-0.05, 0) is 31.4 Å². The summed E-state index contributed by atoms with van der Waals surface area (Å²) < 4.78 is 0. The first-order chi connectivity index (χ1) is 9.10. The minimum Gasteiger partial charge on any atom is -0.395 e. The molecule has 0 saturated carbocycles. The first kappa shape index (κ1) is 15.4. The molecule has 1 rings (SSSR count). The number of terminal acetylenes is 1. The molecule has 0 spiro atoms. The van der Waals surface area contributed by atoms with Gasteiger partial charge in [-0.1, -0.05) is 12.0 Å². The first-order valence-corrected chi connectivity index (χ1v) is 7.17. The van der Waals surface area contributed by atoms with Crippen LogP contribution in [-0.4, -0.2) is 35.3 Å². The molecule has 3 N–H and O–H groups in total. The smallest absolute Gasteiger partial charge is 0.319 e. The number of carbonyl (C=O) groups is 1. The number of hydrogen-bond acceptors (Lipinski definition) is 3. The van der Waals surface area contributed by atoms with Gasteiger partial charge in [0, 0.05) is 22.5 Å². The number of urea groups is 1. The van der Waals surface area contributed by atoms with E-state index in [1.165, 1.54) is 11.8 Å². The number of aliphatic hydroxyl groups excluding tert-OH is 1. The lowest BCUT2D eigenvalue weighted by Crippen LogP contribution is -2.43. The van der Waals surface area contributed by atoms with Gasteiger partial charge in [-0.25, -0.2) is 4.79 Å². The van der Waals surface area contributed by atoms with E-state index in [0.717, 1.165) is 0 Å². The van der Waals surface area contributed by atoms with Crippen LogP contribution >= 0.6 is 11.8 Å². The Morgan fingerprint density at radius 3 is 2.89 bits per heavy atom. The van der Waals surface area contributed by atoms with Gasteiger partial charge < -0.3 is 15.7 Å². The molecule has 1 aromatic rings. The fraction of sp³-hybridized carbons (Fsp3) is 0.357. The van der Waals surface area contributed by atoms with Gasteiger partial charge in [0.15, 0.2) is 0 Å².